The van der Waals surface area contributed by atoms with E-state index < -0.39 is 11.6 Å². The van der Waals surface area contributed by atoms with Gasteiger partial charge >= 0.3 is 5.69 Å². The van der Waals surface area contributed by atoms with Gasteiger partial charge in [0.15, 0.2) is 0 Å². The molecule has 0 fully saturated rings. The van der Waals surface area contributed by atoms with Crippen molar-refractivity contribution in [2.24, 2.45) is 0 Å². The summed E-state index contributed by atoms with van der Waals surface area (Å²) in [5.74, 6) is -0.657. The molecule has 3 N–H and O–H groups in total. The maximum Gasteiger partial charge on any atom is 0.348 e. The number of H-pyrrole nitrogens is 1. The van der Waals surface area contributed by atoms with E-state index in [1.54, 1.807) is 36.4 Å². The Bertz CT molecular complexity index is 868. The zero-order valence-electron chi connectivity index (χ0n) is 11.4. The molecule has 110 valence electrons. The molecule has 1 heterocycles. The van der Waals surface area contributed by atoms with E-state index in [0.29, 0.717) is 11.4 Å². The first kappa shape index (κ1) is 13.6. The molecule has 0 radical (unpaired) electrons. The minimum absolute atomic E-state index is 0.0288. The predicted molar refractivity (Wildman–Crippen MR) is 80.2 cm³/mol. The Morgan fingerprint density at radius 2 is 1.91 bits per heavy atom. The van der Waals surface area contributed by atoms with E-state index in [4.69, 9.17) is 0 Å². The van der Waals surface area contributed by atoms with Crippen LogP contribution in [-0.4, -0.2) is 25.8 Å². The summed E-state index contributed by atoms with van der Waals surface area (Å²) in [6.07, 6.45) is 0. The smallest absolute Gasteiger partial charge is 0.348 e. The van der Waals surface area contributed by atoms with Crippen molar-refractivity contribution in [3.05, 3.63) is 70.9 Å². The van der Waals surface area contributed by atoms with Crippen molar-refractivity contribution < 1.29 is 9.90 Å². The summed E-state index contributed by atoms with van der Waals surface area (Å²) in [6, 6.07) is 14.9. The van der Waals surface area contributed by atoms with Gasteiger partial charge in [-0.25, -0.2) is 4.79 Å². The maximum absolute atomic E-state index is 12.1. The van der Waals surface area contributed by atoms with Crippen molar-refractivity contribution in [2.45, 2.75) is 0 Å². The number of benzene rings is 2. The van der Waals surface area contributed by atoms with Crippen LogP contribution in [0.15, 0.2) is 59.4 Å². The zero-order chi connectivity index (χ0) is 15.5. The average molecular weight is 296 g/mol. The van der Waals surface area contributed by atoms with Gasteiger partial charge in [-0.2, -0.15) is 4.68 Å². The van der Waals surface area contributed by atoms with E-state index in [-0.39, 0.29) is 11.6 Å². The molecule has 1 aromatic heterocycles. The normalized spacial score (nSPS) is 10.4. The van der Waals surface area contributed by atoms with Crippen LogP contribution in [0.3, 0.4) is 0 Å². The highest BCUT2D eigenvalue weighted by Crippen LogP contribution is 2.15. The molecular weight excluding hydrogens is 284 g/mol. The zero-order valence-corrected chi connectivity index (χ0v) is 11.4. The molecule has 7 heteroatoms. The van der Waals surface area contributed by atoms with Crippen molar-refractivity contribution in [3.8, 4) is 11.4 Å². The lowest BCUT2D eigenvalue weighted by atomic mass is 10.3. The molecular formula is C15H12N4O3. The van der Waals surface area contributed by atoms with Crippen LogP contribution in [0.5, 0.6) is 5.75 Å². The number of aromatic hydroxyl groups is 1. The van der Waals surface area contributed by atoms with E-state index in [1.807, 2.05) is 6.07 Å². The monoisotopic (exact) mass is 296 g/mol. The summed E-state index contributed by atoms with van der Waals surface area (Å²) in [5, 5.41) is 15.9. The lowest BCUT2D eigenvalue weighted by Crippen LogP contribution is -2.15. The largest absolute Gasteiger partial charge is 0.508 e. The van der Waals surface area contributed by atoms with Gasteiger partial charge < -0.3 is 10.4 Å². The first-order valence-electron chi connectivity index (χ1n) is 6.48. The molecule has 0 saturated heterocycles. The van der Waals surface area contributed by atoms with Gasteiger partial charge in [0.2, 0.25) is 5.82 Å². The molecule has 0 bridgehead atoms. The van der Waals surface area contributed by atoms with Gasteiger partial charge in [-0.3, -0.25) is 9.78 Å². The average Bonchev–Trinajstić information content (AvgIpc) is 2.90. The van der Waals surface area contributed by atoms with Crippen molar-refractivity contribution in [1.82, 2.24) is 14.8 Å². The molecule has 22 heavy (non-hydrogen) atoms. The van der Waals surface area contributed by atoms with Crippen LogP contribution in [0.4, 0.5) is 5.69 Å². The Kier molecular flexibility index (Phi) is 3.45. The fraction of sp³-hybridized carbons (Fsp3) is 0. The standard InChI is InChI=1S/C15H12N4O3/c20-12-8-4-5-10(9-12)16-14(21)13-17-15(22)19(18-13)11-6-2-1-3-7-11/h1-9,20H,(H,16,21)(H,17,18,22). The minimum atomic E-state index is -0.572. The van der Waals surface area contributed by atoms with Gasteiger partial charge in [0.25, 0.3) is 5.91 Å². The number of anilines is 1. The van der Waals surface area contributed by atoms with Crippen LogP contribution in [0, 0.1) is 0 Å². The fourth-order valence-corrected chi connectivity index (χ4v) is 1.94. The van der Waals surface area contributed by atoms with Crippen LogP contribution >= 0.6 is 0 Å². The Balaban J connectivity index is 1.87. The number of carbonyl (C=O) groups is 1. The molecule has 0 saturated carbocycles. The molecule has 0 atom stereocenters. The fourth-order valence-electron chi connectivity index (χ4n) is 1.94. The van der Waals surface area contributed by atoms with Crippen LogP contribution in [-0.2, 0) is 0 Å². The summed E-state index contributed by atoms with van der Waals surface area (Å²) >= 11 is 0. The quantitative estimate of drug-likeness (QED) is 0.682. The summed E-state index contributed by atoms with van der Waals surface area (Å²) < 4.78 is 1.11. The van der Waals surface area contributed by atoms with E-state index >= 15 is 0 Å². The van der Waals surface area contributed by atoms with Gasteiger partial charge in [0.05, 0.1) is 5.69 Å². The Labute approximate surface area is 124 Å². The molecule has 0 aliphatic carbocycles. The molecule has 2 aromatic carbocycles. The summed E-state index contributed by atoms with van der Waals surface area (Å²) in [7, 11) is 0. The Morgan fingerprint density at radius 1 is 1.14 bits per heavy atom. The Hall–Kier alpha value is -3.35. The third-order valence-electron chi connectivity index (χ3n) is 2.94. The van der Waals surface area contributed by atoms with E-state index in [1.165, 1.54) is 12.1 Å². The molecule has 7 nitrogen and oxygen atoms in total. The van der Waals surface area contributed by atoms with E-state index in [2.05, 4.69) is 15.4 Å². The van der Waals surface area contributed by atoms with Crippen molar-refractivity contribution in [2.75, 3.05) is 5.32 Å². The predicted octanol–water partition coefficient (Wildman–Crippen LogP) is 1.52. The highest BCUT2D eigenvalue weighted by atomic mass is 16.3. The number of hydrogen-bond donors (Lipinski definition) is 3. The molecule has 3 rings (SSSR count). The number of hydrogen-bond acceptors (Lipinski definition) is 4. The lowest BCUT2D eigenvalue weighted by Gasteiger charge is -2.02. The van der Waals surface area contributed by atoms with Gasteiger partial charge in [-0.15, -0.1) is 5.10 Å². The first-order chi connectivity index (χ1) is 10.6. The van der Waals surface area contributed by atoms with Gasteiger partial charge in [0, 0.05) is 11.8 Å². The van der Waals surface area contributed by atoms with Gasteiger partial charge in [0.1, 0.15) is 5.75 Å². The van der Waals surface area contributed by atoms with Gasteiger partial charge in [-0.05, 0) is 24.3 Å². The van der Waals surface area contributed by atoms with E-state index in [9.17, 15) is 14.7 Å². The molecule has 3 aromatic rings. The van der Waals surface area contributed by atoms with Crippen LogP contribution in [0.1, 0.15) is 10.6 Å². The summed E-state index contributed by atoms with van der Waals surface area (Å²) in [4.78, 5) is 26.4. The lowest BCUT2D eigenvalue weighted by molar-refractivity contribution is 0.101. The number of nitrogens with one attached hydrogen (secondary N) is 2. The number of rotatable bonds is 3. The number of para-hydroxylation sites is 1. The van der Waals surface area contributed by atoms with E-state index in [0.717, 1.165) is 4.68 Å². The van der Waals surface area contributed by atoms with Crippen molar-refractivity contribution in [3.63, 3.8) is 0 Å². The highest BCUT2D eigenvalue weighted by molar-refractivity contribution is 6.01. The molecule has 0 spiro atoms. The summed E-state index contributed by atoms with van der Waals surface area (Å²) in [6.45, 7) is 0. The second-order valence-electron chi connectivity index (χ2n) is 4.53. The number of phenols is 1. The number of aromatic amines is 1. The number of carbonyl (C=O) groups excluding carboxylic acids is 1. The first-order valence-corrected chi connectivity index (χ1v) is 6.48. The highest BCUT2D eigenvalue weighted by Gasteiger charge is 2.14. The molecule has 0 unspecified atom stereocenters. The second kappa shape index (κ2) is 5.57. The molecule has 0 aliphatic heterocycles. The van der Waals surface area contributed by atoms with Gasteiger partial charge in [-0.1, -0.05) is 24.3 Å². The second-order valence-corrected chi connectivity index (χ2v) is 4.53. The van der Waals surface area contributed by atoms with Crippen LogP contribution in [0.2, 0.25) is 0 Å². The molecule has 1 amide bonds. The van der Waals surface area contributed by atoms with Crippen molar-refractivity contribution >= 4 is 11.6 Å². The van der Waals surface area contributed by atoms with Crippen LogP contribution < -0.4 is 11.0 Å². The topological polar surface area (TPSA) is 100 Å². The SMILES string of the molecule is O=C(Nc1cccc(O)c1)c1nn(-c2ccccc2)c(=O)[nH]1. The number of amides is 1. The maximum atomic E-state index is 12.1. The summed E-state index contributed by atoms with van der Waals surface area (Å²) in [5.41, 5.74) is 0.451. The third kappa shape index (κ3) is 2.73. The minimum Gasteiger partial charge on any atom is -0.508 e. The third-order valence-corrected chi connectivity index (χ3v) is 2.94. The number of nitrogens with zero attached hydrogens (tertiary/aromatic N) is 2. The van der Waals surface area contributed by atoms with Crippen LogP contribution in [0.25, 0.3) is 5.69 Å². The molecule has 0 aliphatic rings. The number of aromatic nitrogens is 3. The Morgan fingerprint density at radius 3 is 2.64 bits per heavy atom. The van der Waals surface area contributed by atoms with Crippen molar-refractivity contribution in [1.29, 1.82) is 0 Å². The number of phenolic OH excluding ortho intramolecular Hbond substituents is 1.